The number of carbonyl (C=O) groups excluding carboxylic acids is 2. The highest BCUT2D eigenvalue weighted by Gasteiger charge is 2.34. The predicted octanol–water partition coefficient (Wildman–Crippen LogP) is 5.53. The van der Waals surface area contributed by atoms with Crippen molar-refractivity contribution in [1.82, 2.24) is 10.2 Å². The number of hydrogen-bond acceptors (Lipinski definition) is 7. The van der Waals surface area contributed by atoms with Gasteiger partial charge in [-0.3, -0.25) is 13.9 Å². The normalized spacial score (nSPS) is 11.9. The van der Waals surface area contributed by atoms with Crippen LogP contribution in [0.5, 0.6) is 17.2 Å². The Morgan fingerprint density at radius 3 is 2.11 bits per heavy atom. The summed E-state index contributed by atoms with van der Waals surface area (Å²) in [6.45, 7) is 7.97. The second kappa shape index (κ2) is 16.4. The molecule has 0 bridgehead atoms. The van der Waals surface area contributed by atoms with E-state index in [1.807, 2.05) is 27.7 Å². The lowest BCUT2D eigenvalue weighted by atomic mass is 10.1. The number of carbonyl (C=O) groups is 2. The van der Waals surface area contributed by atoms with Crippen LogP contribution in [0.1, 0.15) is 39.7 Å². The number of nitrogens with one attached hydrogen (secondary N) is 1. The number of ether oxygens (including phenoxy) is 3. The van der Waals surface area contributed by atoms with Crippen molar-refractivity contribution >= 4 is 39.1 Å². The minimum Gasteiger partial charge on any atom is -0.494 e. The second-order valence-corrected chi connectivity index (χ2v) is 13.0. The van der Waals surface area contributed by atoms with Gasteiger partial charge in [0.05, 0.1) is 31.4 Å². The summed E-state index contributed by atoms with van der Waals surface area (Å²) in [6.07, 6.45) is 0.314. The summed E-state index contributed by atoms with van der Waals surface area (Å²) in [5.74, 6) is 0.446. The van der Waals surface area contributed by atoms with E-state index in [1.54, 1.807) is 48.5 Å². The average Bonchev–Trinajstić information content (AvgIpc) is 3.03. The van der Waals surface area contributed by atoms with Gasteiger partial charge < -0.3 is 24.4 Å². The van der Waals surface area contributed by atoms with Crippen LogP contribution in [0.3, 0.4) is 0 Å². The third kappa shape index (κ3) is 9.27. The standard InChI is InChI=1S/C33H42ClN3O7S/c1-7-29(33(39)35-20-23(3)4)36(21-24-9-11-25(34)12-10-24)32(38)22-37(26-13-15-27(16-14-26)44-8-2)45(40,41)28-17-18-30(42-5)31(19-28)43-6/h9-19,23,29H,7-8,20-22H2,1-6H3,(H,35,39)/t29-/m0/s1. The number of benzene rings is 3. The lowest BCUT2D eigenvalue weighted by molar-refractivity contribution is -0.140. The van der Waals surface area contributed by atoms with Gasteiger partial charge in [-0.2, -0.15) is 0 Å². The number of methoxy groups -OCH3 is 2. The molecule has 1 atom stereocenters. The van der Waals surface area contributed by atoms with E-state index in [1.165, 1.54) is 37.3 Å². The molecule has 3 aromatic rings. The van der Waals surface area contributed by atoms with E-state index in [0.29, 0.717) is 36.1 Å². The van der Waals surface area contributed by atoms with Gasteiger partial charge in [-0.1, -0.05) is 44.5 Å². The fourth-order valence-electron chi connectivity index (χ4n) is 4.64. The number of anilines is 1. The summed E-state index contributed by atoms with van der Waals surface area (Å²) in [5.41, 5.74) is 0.976. The molecule has 244 valence electrons. The van der Waals surface area contributed by atoms with Gasteiger partial charge >= 0.3 is 0 Å². The van der Waals surface area contributed by atoms with Gasteiger partial charge in [-0.15, -0.1) is 0 Å². The SMILES string of the molecule is CCOc1ccc(N(CC(=O)N(Cc2ccc(Cl)cc2)[C@@H](CC)C(=O)NCC(C)C)S(=O)(=O)c2ccc(OC)c(OC)c2)cc1. The predicted molar refractivity (Wildman–Crippen MR) is 176 cm³/mol. The van der Waals surface area contributed by atoms with Crippen LogP contribution in [0, 0.1) is 5.92 Å². The molecule has 1 N–H and O–H groups in total. The summed E-state index contributed by atoms with van der Waals surface area (Å²) in [4.78, 5) is 28.9. The fraction of sp³-hybridized carbons (Fsp3) is 0.394. The van der Waals surface area contributed by atoms with Crippen molar-refractivity contribution in [2.45, 2.75) is 51.6 Å². The minimum absolute atomic E-state index is 0.0666. The van der Waals surface area contributed by atoms with Crippen molar-refractivity contribution in [2.75, 3.05) is 38.2 Å². The van der Waals surface area contributed by atoms with E-state index in [9.17, 15) is 18.0 Å². The van der Waals surface area contributed by atoms with Crippen LogP contribution in [0.15, 0.2) is 71.6 Å². The molecule has 3 aromatic carbocycles. The van der Waals surface area contributed by atoms with Gasteiger partial charge in [-0.25, -0.2) is 8.42 Å². The molecule has 0 aliphatic rings. The van der Waals surface area contributed by atoms with Crippen molar-refractivity contribution in [2.24, 2.45) is 5.92 Å². The molecular formula is C33H42ClN3O7S. The molecule has 45 heavy (non-hydrogen) atoms. The molecule has 0 radical (unpaired) electrons. The third-order valence-electron chi connectivity index (χ3n) is 6.99. The Balaban J connectivity index is 2.09. The van der Waals surface area contributed by atoms with Crippen LogP contribution < -0.4 is 23.8 Å². The maximum atomic E-state index is 14.3. The topological polar surface area (TPSA) is 114 Å². The van der Waals surface area contributed by atoms with E-state index in [0.717, 1.165) is 9.87 Å². The second-order valence-electron chi connectivity index (χ2n) is 10.7. The maximum Gasteiger partial charge on any atom is 0.264 e. The summed E-state index contributed by atoms with van der Waals surface area (Å²) < 4.78 is 45.7. The van der Waals surface area contributed by atoms with Crippen LogP contribution in [0.2, 0.25) is 5.02 Å². The molecule has 3 rings (SSSR count). The quantitative estimate of drug-likeness (QED) is 0.215. The molecule has 0 heterocycles. The molecule has 0 unspecified atom stereocenters. The van der Waals surface area contributed by atoms with Crippen molar-refractivity contribution in [3.05, 3.63) is 77.3 Å². The van der Waals surface area contributed by atoms with Crippen molar-refractivity contribution in [3.63, 3.8) is 0 Å². The first-order chi connectivity index (χ1) is 21.4. The van der Waals surface area contributed by atoms with E-state index in [4.69, 9.17) is 25.8 Å². The number of nitrogens with zero attached hydrogens (tertiary/aromatic N) is 2. The largest absolute Gasteiger partial charge is 0.494 e. The zero-order valence-electron chi connectivity index (χ0n) is 26.6. The molecular weight excluding hydrogens is 618 g/mol. The van der Waals surface area contributed by atoms with Crippen molar-refractivity contribution in [3.8, 4) is 17.2 Å². The highest BCUT2D eigenvalue weighted by Crippen LogP contribution is 2.33. The number of hydrogen-bond donors (Lipinski definition) is 1. The van der Waals surface area contributed by atoms with E-state index in [2.05, 4.69) is 5.32 Å². The zero-order chi connectivity index (χ0) is 33.1. The molecule has 0 fully saturated rings. The first-order valence-corrected chi connectivity index (χ1v) is 16.6. The molecule has 12 heteroatoms. The smallest absolute Gasteiger partial charge is 0.264 e. The first-order valence-electron chi connectivity index (χ1n) is 14.7. The molecule has 10 nitrogen and oxygen atoms in total. The van der Waals surface area contributed by atoms with Crippen LogP contribution in [-0.2, 0) is 26.2 Å². The Hall–Kier alpha value is -3.96. The Morgan fingerprint density at radius 2 is 1.56 bits per heavy atom. The zero-order valence-corrected chi connectivity index (χ0v) is 28.2. The van der Waals surface area contributed by atoms with Crippen molar-refractivity contribution in [1.29, 1.82) is 0 Å². The Bertz CT molecular complexity index is 1530. The van der Waals surface area contributed by atoms with Crippen molar-refractivity contribution < 1.29 is 32.2 Å². The molecule has 0 aliphatic carbocycles. The minimum atomic E-state index is -4.33. The van der Waals surface area contributed by atoms with Gasteiger partial charge in [0.1, 0.15) is 18.3 Å². The summed E-state index contributed by atoms with van der Waals surface area (Å²) in [7, 11) is -1.47. The molecule has 0 aliphatic heterocycles. The lowest BCUT2D eigenvalue weighted by Crippen LogP contribution is -2.52. The number of rotatable bonds is 16. The third-order valence-corrected chi connectivity index (χ3v) is 9.02. The number of amides is 2. The Labute approximate surface area is 271 Å². The van der Waals surface area contributed by atoms with Gasteiger partial charge in [0.25, 0.3) is 10.0 Å². The summed E-state index contributed by atoms with van der Waals surface area (Å²) in [6, 6.07) is 16.8. The van der Waals surface area contributed by atoms with E-state index in [-0.39, 0.29) is 34.7 Å². The van der Waals surface area contributed by atoms with Gasteiger partial charge in [-0.05, 0) is 73.4 Å². The molecule has 0 aromatic heterocycles. The summed E-state index contributed by atoms with van der Waals surface area (Å²) >= 11 is 6.09. The van der Waals surface area contributed by atoms with Gasteiger partial charge in [0.2, 0.25) is 11.8 Å². The van der Waals surface area contributed by atoms with Crippen LogP contribution in [0.4, 0.5) is 5.69 Å². The number of halogens is 1. The molecule has 2 amide bonds. The molecule has 0 saturated heterocycles. The van der Waals surface area contributed by atoms with Gasteiger partial charge in [0.15, 0.2) is 11.5 Å². The average molecular weight is 660 g/mol. The van der Waals surface area contributed by atoms with Crippen LogP contribution >= 0.6 is 11.6 Å². The monoisotopic (exact) mass is 659 g/mol. The van der Waals surface area contributed by atoms with E-state index < -0.39 is 28.5 Å². The highest BCUT2D eigenvalue weighted by molar-refractivity contribution is 7.92. The van der Waals surface area contributed by atoms with Crippen LogP contribution in [0.25, 0.3) is 0 Å². The Morgan fingerprint density at radius 1 is 0.911 bits per heavy atom. The first kappa shape index (κ1) is 35.5. The highest BCUT2D eigenvalue weighted by atomic mass is 35.5. The summed E-state index contributed by atoms with van der Waals surface area (Å²) in [5, 5.41) is 3.45. The fourth-order valence-corrected chi connectivity index (χ4v) is 6.19. The Kier molecular flexibility index (Phi) is 12.9. The van der Waals surface area contributed by atoms with Gasteiger partial charge in [0, 0.05) is 24.2 Å². The molecule has 0 spiro atoms. The lowest BCUT2D eigenvalue weighted by Gasteiger charge is -2.33. The maximum absolute atomic E-state index is 14.3. The van der Waals surface area contributed by atoms with E-state index >= 15 is 0 Å². The van der Waals surface area contributed by atoms with Crippen LogP contribution in [-0.4, -0.2) is 65.1 Å². The molecule has 0 saturated carbocycles. The number of sulfonamides is 1.